The Hall–Kier alpha value is -1.44. The van der Waals surface area contributed by atoms with E-state index in [1.165, 1.54) is 5.56 Å². The molecule has 0 atom stereocenters. The van der Waals surface area contributed by atoms with E-state index in [1.54, 1.807) is 0 Å². The summed E-state index contributed by atoms with van der Waals surface area (Å²) >= 11 is 0. The minimum absolute atomic E-state index is 0.237. The molecule has 0 N–H and O–H groups in total. The van der Waals surface area contributed by atoms with E-state index in [0.717, 1.165) is 37.7 Å². The van der Waals surface area contributed by atoms with Crippen molar-refractivity contribution in [1.29, 1.82) is 0 Å². The summed E-state index contributed by atoms with van der Waals surface area (Å²) in [7, 11) is 0. The Morgan fingerprint density at radius 2 is 1.62 bits per heavy atom. The lowest BCUT2D eigenvalue weighted by molar-refractivity contribution is -0.123. The Balaban J connectivity index is 1.95. The Labute approximate surface area is 127 Å². The Bertz CT molecular complexity index is 479. The topological polar surface area (TPSA) is 34.1 Å². The van der Waals surface area contributed by atoms with Crippen molar-refractivity contribution in [3.8, 4) is 0 Å². The van der Waals surface area contributed by atoms with Crippen LogP contribution in [0.4, 0.5) is 0 Å². The van der Waals surface area contributed by atoms with Crippen molar-refractivity contribution in [2.75, 3.05) is 0 Å². The molecular formula is C19H26O2. The summed E-state index contributed by atoms with van der Waals surface area (Å²) in [6.45, 7) is 3.99. The average molecular weight is 286 g/mol. The zero-order valence-electron chi connectivity index (χ0n) is 13.2. The number of carbonyl (C=O) groups is 2. The van der Waals surface area contributed by atoms with Crippen molar-refractivity contribution in [1.82, 2.24) is 0 Å². The van der Waals surface area contributed by atoms with Crippen LogP contribution in [0.3, 0.4) is 0 Å². The van der Waals surface area contributed by atoms with Crippen LogP contribution in [0.25, 0.3) is 0 Å². The highest BCUT2D eigenvalue weighted by Crippen LogP contribution is 2.36. The summed E-state index contributed by atoms with van der Waals surface area (Å²) in [5.41, 5.74) is 2.15. The molecule has 114 valence electrons. The molecule has 1 aromatic rings. The second kappa shape index (κ2) is 7.53. The van der Waals surface area contributed by atoms with E-state index in [-0.39, 0.29) is 11.7 Å². The third-order valence-electron chi connectivity index (χ3n) is 4.71. The van der Waals surface area contributed by atoms with Gasteiger partial charge in [-0.05, 0) is 43.6 Å². The Morgan fingerprint density at radius 1 is 1.00 bits per heavy atom. The summed E-state index contributed by atoms with van der Waals surface area (Å²) in [5.74, 6) is 1.51. The molecule has 0 unspecified atom stereocenters. The molecule has 2 heteroatoms. The SMILES string of the molecule is CCCC(=O)c1ccc(C2CCC(C(=O)CC)CC2)cc1. The predicted molar refractivity (Wildman–Crippen MR) is 85.7 cm³/mol. The van der Waals surface area contributed by atoms with Crippen LogP contribution in [0.1, 0.15) is 80.6 Å². The maximum absolute atomic E-state index is 11.8. The van der Waals surface area contributed by atoms with E-state index in [4.69, 9.17) is 0 Å². The van der Waals surface area contributed by atoms with Crippen LogP contribution in [-0.4, -0.2) is 11.6 Å². The highest BCUT2D eigenvalue weighted by molar-refractivity contribution is 5.96. The van der Waals surface area contributed by atoms with Crippen molar-refractivity contribution >= 4 is 11.6 Å². The molecule has 0 radical (unpaired) electrons. The van der Waals surface area contributed by atoms with Gasteiger partial charge in [-0.3, -0.25) is 9.59 Å². The quantitative estimate of drug-likeness (QED) is 0.695. The first-order valence-electron chi connectivity index (χ1n) is 8.31. The molecule has 2 rings (SSSR count). The zero-order chi connectivity index (χ0) is 15.2. The number of ketones is 2. The molecule has 1 saturated carbocycles. The van der Waals surface area contributed by atoms with Gasteiger partial charge >= 0.3 is 0 Å². The van der Waals surface area contributed by atoms with Crippen molar-refractivity contribution < 1.29 is 9.59 Å². The third kappa shape index (κ3) is 4.03. The van der Waals surface area contributed by atoms with Gasteiger partial charge in [-0.2, -0.15) is 0 Å². The average Bonchev–Trinajstić information content (AvgIpc) is 2.54. The molecule has 0 aliphatic heterocycles. The molecule has 0 aromatic heterocycles. The van der Waals surface area contributed by atoms with Gasteiger partial charge in [-0.1, -0.05) is 38.1 Å². The van der Waals surface area contributed by atoms with Crippen LogP contribution < -0.4 is 0 Å². The molecule has 0 heterocycles. The largest absolute Gasteiger partial charge is 0.299 e. The van der Waals surface area contributed by atoms with Crippen LogP contribution in [0.2, 0.25) is 0 Å². The maximum atomic E-state index is 11.8. The van der Waals surface area contributed by atoms with E-state index in [1.807, 2.05) is 26.0 Å². The van der Waals surface area contributed by atoms with Crippen LogP contribution >= 0.6 is 0 Å². The third-order valence-corrected chi connectivity index (χ3v) is 4.71. The fourth-order valence-corrected chi connectivity index (χ4v) is 3.35. The van der Waals surface area contributed by atoms with Gasteiger partial charge in [0.1, 0.15) is 5.78 Å². The summed E-state index contributed by atoms with van der Waals surface area (Å²) in [4.78, 5) is 23.6. The van der Waals surface area contributed by atoms with Gasteiger partial charge in [0.05, 0.1) is 0 Å². The van der Waals surface area contributed by atoms with Crippen molar-refractivity contribution in [2.45, 2.75) is 64.7 Å². The van der Waals surface area contributed by atoms with Crippen molar-refractivity contribution in [2.24, 2.45) is 5.92 Å². The predicted octanol–water partition coefficient (Wildman–Crippen LogP) is 4.92. The maximum Gasteiger partial charge on any atom is 0.162 e. The summed E-state index contributed by atoms with van der Waals surface area (Å²) in [6.07, 6.45) is 6.43. The highest BCUT2D eigenvalue weighted by atomic mass is 16.1. The number of rotatable bonds is 6. The van der Waals surface area contributed by atoms with E-state index in [2.05, 4.69) is 12.1 Å². The lowest BCUT2D eigenvalue weighted by atomic mass is 9.76. The van der Waals surface area contributed by atoms with Gasteiger partial charge in [0.2, 0.25) is 0 Å². The van der Waals surface area contributed by atoms with Crippen molar-refractivity contribution in [3.05, 3.63) is 35.4 Å². The van der Waals surface area contributed by atoms with Gasteiger partial charge in [0.15, 0.2) is 5.78 Å². The van der Waals surface area contributed by atoms with Gasteiger partial charge in [-0.25, -0.2) is 0 Å². The molecule has 1 fully saturated rings. The van der Waals surface area contributed by atoms with E-state index in [9.17, 15) is 9.59 Å². The number of hydrogen-bond donors (Lipinski definition) is 0. The molecule has 1 aromatic carbocycles. The van der Waals surface area contributed by atoms with Crippen LogP contribution in [0.15, 0.2) is 24.3 Å². The van der Waals surface area contributed by atoms with Gasteiger partial charge in [0, 0.05) is 24.3 Å². The first-order chi connectivity index (χ1) is 10.2. The molecule has 2 nitrogen and oxygen atoms in total. The lowest BCUT2D eigenvalue weighted by Gasteiger charge is -2.27. The van der Waals surface area contributed by atoms with Gasteiger partial charge in [-0.15, -0.1) is 0 Å². The first kappa shape index (κ1) is 15.9. The summed E-state index contributed by atoms with van der Waals surface area (Å²) in [5, 5.41) is 0. The lowest BCUT2D eigenvalue weighted by Crippen LogP contribution is -2.20. The zero-order valence-corrected chi connectivity index (χ0v) is 13.2. The number of carbonyl (C=O) groups excluding carboxylic acids is 2. The van der Waals surface area contributed by atoms with E-state index < -0.39 is 0 Å². The molecule has 0 bridgehead atoms. The second-order valence-corrected chi connectivity index (χ2v) is 6.16. The molecular weight excluding hydrogens is 260 g/mol. The van der Waals surface area contributed by atoms with Crippen LogP contribution in [-0.2, 0) is 4.79 Å². The first-order valence-corrected chi connectivity index (χ1v) is 8.31. The molecule has 0 saturated heterocycles. The van der Waals surface area contributed by atoms with E-state index >= 15 is 0 Å². The number of hydrogen-bond acceptors (Lipinski definition) is 2. The Morgan fingerprint density at radius 3 is 2.14 bits per heavy atom. The van der Waals surface area contributed by atoms with Gasteiger partial charge in [0.25, 0.3) is 0 Å². The number of benzene rings is 1. The normalized spacial score (nSPS) is 22.0. The summed E-state index contributed by atoms with van der Waals surface area (Å²) < 4.78 is 0. The number of Topliss-reactive ketones (excluding diaryl/α,β-unsaturated/α-hetero) is 2. The van der Waals surface area contributed by atoms with Gasteiger partial charge < -0.3 is 0 Å². The standard InChI is InChI=1S/C19H26O2/c1-3-5-19(21)17-12-8-15(9-13-17)14-6-10-16(11-7-14)18(20)4-2/h8-9,12-14,16H,3-7,10-11H2,1-2H3. The van der Waals surface area contributed by atoms with Crippen LogP contribution in [0.5, 0.6) is 0 Å². The molecule has 1 aliphatic rings. The monoisotopic (exact) mass is 286 g/mol. The minimum Gasteiger partial charge on any atom is -0.299 e. The fraction of sp³-hybridized carbons (Fsp3) is 0.579. The minimum atomic E-state index is 0.237. The molecule has 0 spiro atoms. The van der Waals surface area contributed by atoms with E-state index in [0.29, 0.717) is 24.5 Å². The fourth-order valence-electron chi connectivity index (χ4n) is 3.35. The molecule has 21 heavy (non-hydrogen) atoms. The Kier molecular flexibility index (Phi) is 5.72. The van der Waals surface area contributed by atoms with Crippen LogP contribution in [0, 0.1) is 5.92 Å². The smallest absolute Gasteiger partial charge is 0.162 e. The molecule has 1 aliphatic carbocycles. The molecule has 0 amide bonds. The summed E-state index contributed by atoms with van der Waals surface area (Å²) in [6, 6.07) is 8.15. The van der Waals surface area contributed by atoms with Crippen molar-refractivity contribution in [3.63, 3.8) is 0 Å². The second-order valence-electron chi connectivity index (χ2n) is 6.16. The highest BCUT2D eigenvalue weighted by Gasteiger charge is 2.25.